The highest BCUT2D eigenvalue weighted by atomic mass is 35.5. The topological polar surface area (TPSA) is 115 Å². The average Bonchev–Trinajstić information content (AvgIpc) is 3.25. The Bertz CT molecular complexity index is 1480. The summed E-state index contributed by atoms with van der Waals surface area (Å²) in [5.74, 6) is -0.729. The van der Waals surface area contributed by atoms with Gasteiger partial charge in [0.25, 0.3) is 11.5 Å². The maximum Gasteiger partial charge on any atom is 0.257 e. The van der Waals surface area contributed by atoms with Gasteiger partial charge in [0.2, 0.25) is 5.91 Å². The number of hydrogen-bond acceptors (Lipinski definition) is 5. The lowest BCUT2D eigenvalue weighted by Crippen LogP contribution is -2.45. The Hall–Kier alpha value is -4.37. The Kier molecular flexibility index (Phi) is 7.74. The summed E-state index contributed by atoms with van der Waals surface area (Å²) >= 11 is 6.02. The number of likely N-dealkylation sites (N-methyl/N-ethyl adjacent to an activating group) is 1. The van der Waals surface area contributed by atoms with Crippen molar-refractivity contribution >= 4 is 34.9 Å². The molecule has 0 aliphatic rings. The third-order valence-electron chi connectivity index (χ3n) is 5.90. The van der Waals surface area contributed by atoms with E-state index in [1.807, 2.05) is 30.3 Å². The van der Waals surface area contributed by atoms with Crippen LogP contribution >= 0.6 is 11.6 Å². The predicted octanol–water partition coefficient (Wildman–Crippen LogP) is 3.16. The number of nitrogens with two attached hydrogens (primary N) is 1. The van der Waals surface area contributed by atoms with E-state index >= 15 is 0 Å². The Balaban J connectivity index is 1.38. The second-order valence-electron chi connectivity index (χ2n) is 8.68. The molecular weight excluding hydrogens is 492 g/mol. The maximum atomic E-state index is 12.8. The van der Waals surface area contributed by atoms with Crippen LogP contribution in [0.15, 0.2) is 83.9 Å². The number of benzene rings is 2. The van der Waals surface area contributed by atoms with Crippen LogP contribution in [0.4, 0.5) is 11.5 Å². The maximum absolute atomic E-state index is 12.8. The molecule has 9 nitrogen and oxygen atoms in total. The van der Waals surface area contributed by atoms with Gasteiger partial charge in [-0.1, -0.05) is 48.0 Å². The van der Waals surface area contributed by atoms with Crippen LogP contribution in [0, 0.1) is 0 Å². The number of nitrogens with zero attached hydrogens (tertiary/aromatic N) is 4. The van der Waals surface area contributed by atoms with Gasteiger partial charge in [-0.2, -0.15) is 5.10 Å². The first-order valence-corrected chi connectivity index (χ1v) is 12.0. The van der Waals surface area contributed by atoms with Crippen molar-refractivity contribution in [2.45, 2.75) is 26.1 Å². The number of anilines is 2. The van der Waals surface area contributed by atoms with Crippen LogP contribution in [-0.2, 0) is 17.9 Å². The number of pyridine rings is 1. The van der Waals surface area contributed by atoms with Crippen LogP contribution in [0.3, 0.4) is 0 Å². The lowest BCUT2D eigenvalue weighted by atomic mass is 10.1. The van der Waals surface area contributed by atoms with Crippen molar-refractivity contribution in [3.8, 4) is 0 Å². The van der Waals surface area contributed by atoms with Crippen LogP contribution in [0.1, 0.15) is 28.4 Å². The van der Waals surface area contributed by atoms with Gasteiger partial charge in [-0.15, -0.1) is 0 Å². The number of carbonyl (C=O) groups is 2. The van der Waals surface area contributed by atoms with E-state index in [4.69, 9.17) is 17.3 Å². The van der Waals surface area contributed by atoms with Gasteiger partial charge in [-0.3, -0.25) is 19.1 Å². The zero-order valence-electron chi connectivity index (χ0n) is 20.5. The Morgan fingerprint density at radius 3 is 2.43 bits per heavy atom. The van der Waals surface area contributed by atoms with E-state index in [2.05, 4.69) is 10.4 Å². The van der Waals surface area contributed by atoms with E-state index in [0.29, 0.717) is 23.8 Å². The first kappa shape index (κ1) is 25.7. The molecule has 37 heavy (non-hydrogen) atoms. The minimum atomic E-state index is -0.802. The molecule has 0 radical (unpaired) electrons. The number of hydrogen-bond donors (Lipinski definition) is 2. The van der Waals surface area contributed by atoms with Crippen LogP contribution < -0.4 is 21.5 Å². The highest BCUT2D eigenvalue weighted by Crippen LogP contribution is 2.19. The minimum Gasteiger partial charge on any atom is -0.382 e. The van der Waals surface area contributed by atoms with Gasteiger partial charge in [0.1, 0.15) is 11.6 Å². The fraction of sp³-hybridized carbons (Fsp3) is 0.185. The van der Waals surface area contributed by atoms with E-state index in [-0.39, 0.29) is 22.8 Å². The molecule has 0 aliphatic carbocycles. The summed E-state index contributed by atoms with van der Waals surface area (Å²) in [4.78, 5) is 39.0. The molecular formula is C27H27ClN6O3. The summed E-state index contributed by atoms with van der Waals surface area (Å²) < 4.78 is 3.21. The Morgan fingerprint density at radius 2 is 1.76 bits per heavy atom. The monoisotopic (exact) mass is 518 g/mol. The van der Waals surface area contributed by atoms with Crippen molar-refractivity contribution < 1.29 is 9.59 Å². The molecule has 2 aromatic heterocycles. The number of rotatable bonds is 8. The summed E-state index contributed by atoms with van der Waals surface area (Å²) in [6.45, 7) is 2.48. The Morgan fingerprint density at radius 1 is 1.05 bits per heavy atom. The fourth-order valence-corrected chi connectivity index (χ4v) is 4.04. The lowest BCUT2D eigenvalue weighted by Gasteiger charge is -2.22. The molecule has 0 spiro atoms. The van der Waals surface area contributed by atoms with E-state index in [0.717, 1.165) is 11.1 Å². The van der Waals surface area contributed by atoms with E-state index in [9.17, 15) is 14.4 Å². The molecule has 10 heteroatoms. The summed E-state index contributed by atoms with van der Waals surface area (Å²) in [5, 5.41) is 7.45. The summed E-state index contributed by atoms with van der Waals surface area (Å²) in [5.41, 5.74) is 8.68. The molecule has 1 unspecified atom stereocenters. The highest BCUT2D eigenvalue weighted by Gasteiger charge is 2.23. The minimum absolute atomic E-state index is 0.0588. The number of carbonyl (C=O) groups excluding carboxylic acids is 2. The highest BCUT2D eigenvalue weighted by molar-refractivity contribution is 6.30. The van der Waals surface area contributed by atoms with Crippen LogP contribution in [0.2, 0.25) is 5.02 Å². The lowest BCUT2D eigenvalue weighted by molar-refractivity contribution is -0.119. The smallest absolute Gasteiger partial charge is 0.257 e. The normalized spacial score (nSPS) is 11.6. The first-order valence-electron chi connectivity index (χ1n) is 11.6. The van der Waals surface area contributed by atoms with Gasteiger partial charge >= 0.3 is 0 Å². The van der Waals surface area contributed by atoms with Gasteiger partial charge in [0, 0.05) is 36.2 Å². The summed E-state index contributed by atoms with van der Waals surface area (Å²) in [6, 6.07) is 18.9. The molecule has 1 atom stereocenters. The van der Waals surface area contributed by atoms with Crippen molar-refractivity contribution in [2.24, 2.45) is 0 Å². The molecule has 0 saturated heterocycles. The van der Waals surface area contributed by atoms with Gasteiger partial charge < -0.3 is 20.5 Å². The first-order chi connectivity index (χ1) is 17.7. The molecule has 190 valence electrons. The van der Waals surface area contributed by atoms with Gasteiger partial charge in [-0.05, 0) is 42.3 Å². The Labute approximate surface area is 219 Å². The third kappa shape index (κ3) is 6.25. The number of aromatic nitrogens is 3. The average molecular weight is 519 g/mol. The summed E-state index contributed by atoms with van der Waals surface area (Å²) in [6.07, 6.45) is 3.30. The van der Waals surface area contributed by atoms with E-state index in [1.165, 1.54) is 11.0 Å². The molecule has 4 rings (SSSR count). The fourth-order valence-electron chi connectivity index (χ4n) is 3.86. The number of nitrogens with one attached hydrogen (secondary N) is 1. The van der Waals surface area contributed by atoms with Crippen molar-refractivity contribution in [1.82, 2.24) is 19.7 Å². The zero-order chi connectivity index (χ0) is 26.5. The van der Waals surface area contributed by atoms with Gasteiger partial charge in [0.05, 0.1) is 13.1 Å². The molecule has 4 aromatic rings. The van der Waals surface area contributed by atoms with E-state index in [1.54, 1.807) is 65.9 Å². The number of halogens is 1. The second kappa shape index (κ2) is 11.1. The standard InChI is InChI=1S/C27H27ClN6O3/c1-18(27(37)32(2)22-7-5-6-21(28)14-22)30-26(36)23-17-34(31-25(23)29)16-20-11-9-19(10-12-20)15-33-13-4-3-8-24(33)35/h3-14,17-18H,15-16H2,1-2H3,(H2,29,31)(H,30,36). The van der Waals surface area contributed by atoms with Crippen molar-refractivity contribution in [3.63, 3.8) is 0 Å². The molecule has 2 aromatic carbocycles. The van der Waals surface area contributed by atoms with Crippen LogP contribution in [-0.4, -0.2) is 39.3 Å². The number of amides is 2. The molecule has 2 heterocycles. The van der Waals surface area contributed by atoms with Crippen molar-refractivity contribution in [1.29, 1.82) is 0 Å². The molecule has 0 aliphatic heterocycles. The summed E-state index contributed by atoms with van der Waals surface area (Å²) in [7, 11) is 1.62. The zero-order valence-corrected chi connectivity index (χ0v) is 21.2. The van der Waals surface area contributed by atoms with Crippen LogP contribution in [0.5, 0.6) is 0 Å². The quantitative estimate of drug-likeness (QED) is 0.372. The molecule has 0 bridgehead atoms. The third-order valence-corrected chi connectivity index (χ3v) is 6.13. The van der Waals surface area contributed by atoms with Gasteiger partial charge in [-0.25, -0.2) is 0 Å². The molecule has 0 fully saturated rings. The van der Waals surface area contributed by atoms with E-state index < -0.39 is 11.9 Å². The predicted molar refractivity (Wildman–Crippen MR) is 144 cm³/mol. The number of nitrogen functional groups attached to an aromatic ring is 1. The second-order valence-corrected chi connectivity index (χ2v) is 9.12. The molecule has 0 saturated carbocycles. The van der Waals surface area contributed by atoms with Crippen LogP contribution in [0.25, 0.3) is 0 Å². The largest absolute Gasteiger partial charge is 0.382 e. The molecule has 3 N–H and O–H groups in total. The SMILES string of the molecule is CC(NC(=O)c1cn(Cc2ccc(Cn3ccccc3=O)cc2)nc1N)C(=O)N(C)c1cccc(Cl)c1. The van der Waals surface area contributed by atoms with Crippen molar-refractivity contribution in [3.05, 3.63) is 111 Å². The van der Waals surface area contributed by atoms with Gasteiger partial charge in [0.15, 0.2) is 5.82 Å². The molecule has 2 amide bonds. The van der Waals surface area contributed by atoms with Crippen molar-refractivity contribution in [2.75, 3.05) is 17.7 Å².